The molecule has 2 aromatic carbocycles. The number of allylic oxidation sites excluding steroid dienone is 6. The summed E-state index contributed by atoms with van der Waals surface area (Å²) < 4.78 is 69.0. The van der Waals surface area contributed by atoms with Crippen LogP contribution in [0, 0.1) is 0 Å². The van der Waals surface area contributed by atoms with E-state index < -0.39 is 31.1 Å². The second-order valence-corrected chi connectivity index (χ2v) is 17.2. The first-order chi connectivity index (χ1) is 23.9. The summed E-state index contributed by atoms with van der Waals surface area (Å²) in [5.41, 5.74) is 9.70. The quantitative estimate of drug-likeness (QED) is 0.0641. The van der Waals surface area contributed by atoms with Crippen LogP contribution in [0.4, 0.5) is 11.4 Å². The second-order valence-electron chi connectivity index (χ2n) is 14.3. The standard InChI is InChI=1S/C38H52N4O7S2/c1-37(2)30-26-28(50(44,45)46)19-21-32(30)41(5)34(37)16-10-8-11-17-35-38(3,4)31-27-29(51(47,48)49)20-22-33(31)42(35)25-15-9-12-18-36(43)40-24-14-7-6-13-23-39/h8,10-11,16-17,19-22,26-27H,6-7,9,12-15,18,23-25,39H2,1-5H3,(H2-,40,43,44,45,46,47,48,49)/p+1. The number of nitrogens with one attached hydrogen (secondary N) is 1. The van der Waals surface area contributed by atoms with Crippen LogP contribution in [0.15, 0.2) is 82.3 Å². The summed E-state index contributed by atoms with van der Waals surface area (Å²) in [5, 5.41) is 3.00. The molecule has 0 bridgehead atoms. The molecule has 0 saturated carbocycles. The van der Waals surface area contributed by atoms with Crippen molar-refractivity contribution in [2.24, 2.45) is 5.73 Å². The third-order valence-electron chi connectivity index (χ3n) is 9.93. The number of benzene rings is 2. The van der Waals surface area contributed by atoms with E-state index in [4.69, 9.17) is 5.73 Å². The molecule has 0 aromatic heterocycles. The highest BCUT2D eigenvalue weighted by molar-refractivity contribution is 7.86. The first kappa shape index (κ1) is 40.2. The molecular formula is C38H53N4O7S2+. The summed E-state index contributed by atoms with van der Waals surface area (Å²) in [7, 11) is -6.80. The number of fused-ring (bicyclic) bond motifs is 2. The third kappa shape index (κ3) is 9.44. The van der Waals surface area contributed by atoms with Gasteiger partial charge in [0, 0.05) is 54.0 Å². The predicted molar refractivity (Wildman–Crippen MR) is 202 cm³/mol. The van der Waals surface area contributed by atoms with Gasteiger partial charge in [0.15, 0.2) is 5.71 Å². The SMILES string of the molecule is C[N+]1=C(/C=C/C=C/C=C2\N(CCCCCC(=O)NCCCCCCN)c3ccc(S(=O)(=O)O)cc3C2(C)C)C(C)(C)c2cc(S(=O)(=O)O)ccc21. The third-order valence-corrected chi connectivity index (χ3v) is 11.6. The number of nitrogens with two attached hydrogens (primary N) is 1. The van der Waals surface area contributed by atoms with Gasteiger partial charge < -0.3 is 16.0 Å². The minimum absolute atomic E-state index is 0.0649. The van der Waals surface area contributed by atoms with Crippen LogP contribution in [-0.2, 0) is 35.9 Å². The first-order valence-electron chi connectivity index (χ1n) is 17.6. The lowest BCUT2D eigenvalue weighted by Crippen LogP contribution is -2.27. The molecule has 0 aliphatic carbocycles. The molecule has 2 aliphatic rings. The van der Waals surface area contributed by atoms with E-state index in [9.17, 15) is 30.7 Å². The minimum Gasteiger partial charge on any atom is -0.356 e. The summed E-state index contributed by atoms with van der Waals surface area (Å²) in [6, 6.07) is 9.33. The van der Waals surface area contributed by atoms with Gasteiger partial charge in [0.1, 0.15) is 7.05 Å². The molecule has 0 fully saturated rings. The number of hydrogen-bond acceptors (Lipinski definition) is 7. The molecule has 4 rings (SSSR count). The summed E-state index contributed by atoms with van der Waals surface area (Å²) in [5.74, 6) is 0.0649. The van der Waals surface area contributed by atoms with Crippen LogP contribution in [0.2, 0.25) is 0 Å². The Morgan fingerprint density at radius 1 is 0.824 bits per heavy atom. The number of rotatable bonds is 17. The van der Waals surface area contributed by atoms with E-state index in [1.54, 1.807) is 18.2 Å². The lowest BCUT2D eigenvalue weighted by Gasteiger charge is -2.27. The highest BCUT2D eigenvalue weighted by Crippen LogP contribution is 2.48. The molecule has 51 heavy (non-hydrogen) atoms. The van der Waals surface area contributed by atoms with E-state index in [1.807, 2.05) is 69.7 Å². The van der Waals surface area contributed by atoms with Crippen LogP contribution >= 0.6 is 0 Å². The zero-order chi connectivity index (χ0) is 37.6. The summed E-state index contributed by atoms with van der Waals surface area (Å²) in [6.45, 7) is 10.1. The molecule has 0 saturated heterocycles. The number of carbonyl (C=O) groups excluding carboxylic acids is 1. The van der Waals surface area contributed by atoms with Crippen LogP contribution in [0.5, 0.6) is 0 Å². The van der Waals surface area contributed by atoms with Crippen LogP contribution < -0.4 is 16.0 Å². The van der Waals surface area contributed by atoms with E-state index in [0.717, 1.165) is 78.9 Å². The van der Waals surface area contributed by atoms with Gasteiger partial charge in [0.05, 0.1) is 15.2 Å². The molecule has 0 radical (unpaired) electrons. The first-order valence-corrected chi connectivity index (χ1v) is 20.4. The highest BCUT2D eigenvalue weighted by Gasteiger charge is 2.44. The van der Waals surface area contributed by atoms with E-state index in [-0.39, 0.29) is 15.7 Å². The summed E-state index contributed by atoms with van der Waals surface area (Å²) >= 11 is 0. The van der Waals surface area contributed by atoms with Crippen LogP contribution in [-0.4, -0.2) is 68.8 Å². The second kappa shape index (κ2) is 16.4. The largest absolute Gasteiger partial charge is 0.356 e. The van der Waals surface area contributed by atoms with Crippen molar-refractivity contribution in [3.05, 3.63) is 83.6 Å². The maximum Gasteiger partial charge on any atom is 0.294 e. The molecule has 5 N–H and O–H groups in total. The number of nitrogens with zero attached hydrogens (tertiary/aromatic N) is 2. The van der Waals surface area contributed by atoms with Gasteiger partial charge in [-0.2, -0.15) is 21.4 Å². The molecule has 2 aliphatic heterocycles. The van der Waals surface area contributed by atoms with Gasteiger partial charge in [-0.1, -0.05) is 51.3 Å². The van der Waals surface area contributed by atoms with Gasteiger partial charge in [0.2, 0.25) is 11.6 Å². The van der Waals surface area contributed by atoms with Gasteiger partial charge in [-0.3, -0.25) is 13.9 Å². The molecular weight excluding hydrogens is 689 g/mol. The van der Waals surface area contributed by atoms with Crippen molar-refractivity contribution < 1.29 is 35.3 Å². The fourth-order valence-corrected chi connectivity index (χ4v) is 8.07. The molecule has 0 atom stereocenters. The zero-order valence-electron chi connectivity index (χ0n) is 30.4. The molecule has 13 heteroatoms. The topological polar surface area (TPSA) is 170 Å². The molecule has 0 spiro atoms. The van der Waals surface area contributed by atoms with Crippen molar-refractivity contribution >= 4 is 43.2 Å². The molecule has 278 valence electrons. The molecule has 2 heterocycles. The highest BCUT2D eigenvalue weighted by atomic mass is 32.2. The van der Waals surface area contributed by atoms with Gasteiger partial charge in [-0.25, -0.2) is 0 Å². The van der Waals surface area contributed by atoms with Crippen molar-refractivity contribution in [2.75, 3.05) is 31.6 Å². The van der Waals surface area contributed by atoms with E-state index in [1.165, 1.54) is 18.2 Å². The Hall–Kier alpha value is -3.62. The Bertz CT molecular complexity index is 1960. The van der Waals surface area contributed by atoms with E-state index in [2.05, 4.69) is 10.2 Å². The predicted octanol–water partition coefficient (Wildman–Crippen LogP) is 6.18. The average molecular weight is 742 g/mol. The Balaban J connectivity index is 1.47. The van der Waals surface area contributed by atoms with Crippen LogP contribution in [0.1, 0.15) is 90.2 Å². The Labute approximate surface area is 303 Å². The lowest BCUT2D eigenvalue weighted by atomic mass is 9.81. The fourth-order valence-electron chi connectivity index (χ4n) is 7.06. The van der Waals surface area contributed by atoms with Gasteiger partial charge in [-0.05, 0) is 88.0 Å². The van der Waals surface area contributed by atoms with E-state index in [0.29, 0.717) is 26.1 Å². The normalized spacial score (nSPS) is 17.6. The lowest BCUT2D eigenvalue weighted by molar-refractivity contribution is -0.401. The van der Waals surface area contributed by atoms with Crippen LogP contribution in [0.3, 0.4) is 0 Å². The summed E-state index contributed by atoms with van der Waals surface area (Å²) in [6.07, 6.45) is 16.8. The average Bonchev–Trinajstić information content (AvgIpc) is 3.38. The fraction of sp³-hybridized carbons (Fsp3) is 0.474. The minimum atomic E-state index is -4.38. The smallest absolute Gasteiger partial charge is 0.294 e. The van der Waals surface area contributed by atoms with Crippen molar-refractivity contribution in [2.45, 2.75) is 99.7 Å². The Kier molecular flexibility index (Phi) is 12.9. The monoisotopic (exact) mass is 741 g/mol. The molecule has 11 nitrogen and oxygen atoms in total. The van der Waals surface area contributed by atoms with Crippen molar-refractivity contribution in [1.82, 2.24) is 5.32 Å². The molecule has 0 unspecified atom stereocenters. The number of hydrogen-bond donors (Lipinski definition) is 4. The van der Waals surface area contributed by atoms with Crippen molar-refractivity contribution in [1.29, 1.82) is 0 Å². The van der Waals surface area contributed by atoms with Crippen molar-refractivity contribution in [3.8, 4) is 0 Å². The Morgan fingerprint density at radius 2 is 1.45 bits per heavy atom. The van der Waals surface area contributed by atoms with Gasteiger partial charge >= 0.3 is 0 Å². The zero-order valence-corrected chi connectivity index (χ0v) is 32.0. The van der Waals surface area contributed by atoms with Gasteiger partial charge in [-0.15, -0.1) is 0 Å². The molecule has 1 amide bonds. The van der Waals surface area contributed by atoms with Gasteiger partial charge in [0.25, 0.3) is 20.2 Å². The number of unbranched alkanes of at least 4 members (excludes halogenated alkanes) is 5. The maximum absolute atomic E-state index is 12.3. The van der Waals surface area contributed by atoms with E-state index >= 15 is 0 Å². The Morgan fingerprint density at radius 3 is 2.12 bits per heavy atom. The summed E-state index contributed by atoms with van der Waals surface area (Å²) in [4.78, 5) is 14.2. The molecule has 2 aromatic rings. The number of amides is 1. The maximum atomic E-state index is 12.3. The number of carbonyl (C=O) groups is 1. The van der Waals surface area contributed by atoms with Crippen molar-refractivity contribution in [3.63, 3.8) is 0 Å². The van der Waals surface area contributed by atoms with Crippen LogP contribution in [0.25, 0.3) is 0 Å². The number of anilines is 1.